The van der Waals surface area contributed by atoms with Crippen molar-refractivity contribution in [1.82, 2.24) is 30.2 Å². The number of aryl methyl sites for hydroxylation is 1. The minimum absolute atomic E-state index is 0.484. The Bertz CT molecular complexity index is 1330. The maximum Gasteiger partial charge on any atom is 0.227 e. The molecule has 0 saturated carbocycles. The Hall–Kier alpha value is -4.32. The van der Waals surface area contributed by atoms with Gasteiger partial charge in [0, 0.05) is 43.1 Å². The van der Waals surface area contributed by atoms with Gasteiger partial charge in [-0.05, 0) is 71.7 Å². The van der Waals surface area contributed by atoms with Crippen molar-refractivity contribution in [3.63, 3.8) is 0 Å². The van der Waals surface area contributed by atoms with Crippen LogP contribution in [0.3, 0.4) is 0 Å². The normalized spacial score (nSPS) is 14.1. The first-order valence-corrected chi connectivity index (χ1v) is 11.3. The molecule has 4 aromatic rings. The highest BCUT2D eigenvalue weighted by Crippen LogP contribution is 2.30. The summed E-state index contributed by atoms with van der Waals surface area (Å²) in [5, 5.41) is 24.6. The number of hydrogen-bond donors (Lipinski definition) is 1. The van der Waals surface area contributed by atoms with Crippen LogP contribution < -0.4 is 10.2 Å². The lowest BCUT2D eigenvalue weighted by atomic mass is 9.97. The lowest BCUT2D eigenvalue weighted by molar-refractivity contribution is 0.438. The molecule has 0 bridgehead atoms. The van der Waals surface area contributed by atoms with Gasteiger partial charge in [-0.1, -0.05) is 13.0 Å². The number of nitrogens with one attached hydrogen (secondary N) is 1. The van der Waals surface area contributed by atoms with E-state index < -0.39 is 0 Å². The van der Waals surface area contributed by atoms with Gasteiger partial charge < -0.3 is 10.2 Å². The van der Waals surface area contributed by atoms with Crippen molar-refractivity contribution >= 4 is 17.3 Å². The summed E-state index contributed by atoms with van der Waals surface area (Å²) in [6.45, 7) is 4.27. The minimum Gasteiger partial charge on any atom is -0.370 e. The van der Waals surface area contributed by atoms with Gasteiger partial charge in [0.1, 0.15) is 6.07 Å². The Morgan fingerprint density at radius 2 is 1.79 bits per heavy atom. The first-order valence-electron chi connectivity index (χ1n) is 11.3. The molecule has 9 heteroatoms. The standard InChI is InChI=1S/C25H25N9/c1-17-10-13-34(14-11-17)23-8-5-19(15-20(23)16-26)22-9-12-27-25(29-22)28-21-6-3-18(4-7-21)24-30-31-32-33(24)2/h3-9,12,15,17H,10-11,13-14H2,1-2H3,(H,27,28,29). The molecule has 0 spiro atoms. The zero-order chi connectivity index (χ0) is 23.5. The fourth-order valence-electron chi connectivity index (χ4n) is 4.20. The van der Waals surface area contributed by atoms with Gasteiger partial charge in [-0.15, -0.1) is 5.10 Å². The quantitative estimate of drug-likeness (QED) is 0.481. The SMILES string of the molecule is CC1CCN(c2ccc(-c3ccnc(Nc4ccc(-c5nnnn5C)cc4)n3)cc2C#N)CC1. The lowest BCUT2D eigenvalue weighted by Crippen LogP contribution is -2.33. The second-order valence-corrected chi connectivity index (χ2v) is 8.61. The number of nitriles is 1. The third-order valence-corrected chi connectivity index (χ3v) is 6.21. The van der Waals surface area contributed by atoms with Gasteiger partial charge in [0.05, 0.1) is 16.9 Å². The summed E-state index contributed by atoms with van der Waals surface area (Å²) in [5.41, 5.74) is 5.09. The fraction of sp³-hybridized carbons (Fsp3) is 0.280. The number of nitrogens with zero attached hydrogens (tertiary/aromatic N) is 8. The van der Waals surface area contributed by atoms with E-state index in [9.17, 15) is 5.26 Å². The minimum atomic E-state index is 0.484. The van der Waals surface area contributed by atoms with E-state index in [1.54, 1.807) is 17.9 Å². The number of piperidine rings is 1. The van der Waals surface area contributed by atoms with E-state index >= 15 is 0 Å². The zero-order valence-electron chi connectivity index (χ0n) is 19.2. The molecule has 0 atom stereocenters. The van der Waals surface area contributed by atoms with Gasteiger partial charge >= 0.3 is 0 Å². The van der Waals surface area contributed by atoms with Crippen molar-refractivity contribution in [2.45, 2.75) is 19.8 Å². The monoisotopic (exact) mass is 451 g/mol. The number of hydrogen-bond acceptors (Lipinski definition) is 8. The van der Waals surface area contributed by atoms with Crippen LogP contribution in [0, 0.1) is 17.2 Å². The molecule has 170 valence electrons. The Labute approximate surface area is 198 Å². The highest BCUT2D eigenvalue weighted by Gasteiger charge is 2.19. The fourth-order valence-corrected chi connectivity index (χ4v) is 4.20. The number of aromatic nitrogens is 6. The van der Waals surface area contributed by atoms with E-state index in [1.165, 1.54) is 0 Å². The van der Waals surface area contributed by atoms with Crippen LogP contribution in [0.15, 0.2) is 54.7 Å². The van der Waals surface area contributed by atoms with Crippen molar-refractivity contribution in [3.05, 3.63) is 60.3 Å². The molecule has 1 aliphatic rings. The van der Waals surface area contributed by atoms with Crippen LogP contribution in [0.5, 0.6) is 0 Å². The molecule has 0 aliphatic carbocycles. The summed E-state index contributed by atoms with van der Waals surface area (Å²) in [5.74, 6) is 1.92. The first kappa shape index (κ1) is 21.5. The number of benzene rings is 2. The van der Waals surface area contributed by atoms with Crippen molar-refractivity contribution in [2.24, 2.45) is 13.0 Å². The van der Waals surface area contributed by atoms with Crippen LogP contribution in [0.2, 0.25) is 0 Å². The molecule has 2 aromatic carbocycles. The molecule has 9 nitrogen and oxygen atoms in total. The molecule has 1 N–H and O–H groups in total. The molecule has 3 heterocycles. The maximum atomic E-state index is 9.79. The first-order chi connectivity index (χ1) is 16.6. The van der Waals surface area contributed by atoms with E-state index in [0.717, 1.165) is 60.0 Å². The molecule has 0 unspecified atom stereocenters. The number of tetrazole rings is 1. The van der Waals surface area contributed by atoms with Crippen LogP contribution in [0.25, 0.3) is 22.6 Å². The molecular weight excluding hydrogens is 426 g/mol. The lowest BCUT2D eigenvalue weighted by Gasteiger charge is -2.32. The summed E-state index contributed by atoms with van der Waals surface area (Å²) in [6, 6.07) is 18.0. The van der Waals surface area contributed by atoms with E-state index in [1.807, 2.05) is 48.5 Å². The summed E-state index contributed by atoms with van der Waals surface area (Å²) in [4.78, 5) is 11.3. The van der Waals surface area contributed by atoms with Crippen molar-refractivity contribution in [2.75, 3.05) is 23.3 Å². The Morgan fingerprint density at radius 1 is 1.03 bits per heavy atom. The van der Waals surface area contributed by atoms with Crippen LogP contribution in [-0.4, -0.2) is 43.3 Å². The summed E-state index contributed by atoms with van der Waals surface area (Å²) >= 11 is 0. The Kier molecular flexibility index (Phi) is 5.87. The second kappa shape index (κ2) is 9.27. The molecule has 1 fully saturated rings. The highest BCUT2D eigenvalue weighted by molar-refractivity contribution is 5.71. The molecule has 5 rings (SSSR count). The van der Waals surface area contributed by atoms with E-state index in [2.05, 4.69) is 48.7 Å². The molecule has 1 aliphatic heterocycles. The van der Waals surface area contributed by atoms with E-state index in [-0.39, 0.29) is 0 Å². The average molecular weight is 452 g/mol. The highest BCUT2D eigenvalue weighted by atomic mass is 15.5. The van der Waals surface area contributed by atoms with Gasteiger partial charge in [0.25, 0.3) is 0 Å². The molecule has 2 aromatic heterocycles. The van der Waals surface area contributed by atoms with Crippen LogP contribution >= 0.6 is 0 Å². The van der Waals surface area contributed by atoms with E-state index in [0.29, 0.717) is 17.3 Å². The van der Waals surface area contributed by atoms with Crippen LogP contribution in [-0.2, 0) is 7.05 Å². The third kappa shape index (κ3) is 4.43. The Balaban J connectivity index is 1.35. The van der Waals surface area contributed by atoms with Gasteiger partial charge in [-0.2, -0.15) is 5.26 Å². The average Bonchev–Trinajstić information content (AvgIpc) is 3.30. The molecule has 34 heavy (non-hydrogen) atoms. The number of anilines is 3. The van der Waals surface area contributed by atoms with Gasteiger partial charge in [0.2, 0.25) is 5.95 Å². The van der Waals surface area contributed by atoms with E-state index in [4.69, 9.17) is 0 Å². The van der Waals surface area contributed by atoms with Crippen molar-refractivity contribution in [1.29, 1.82) is 5.26 Å². The summed E-state index contributed by atoms with van der Waals surface area (Å²) in [6.07, 6.45) is 4.03. The summed E-state index contributed by atoms with van der Waals surface area (Å²) in [7, 11) is 1.80. The van der Waals surface area contributed by atoms with Gasteiger partial charge in [-0.25, -0.2) is 14.6 Å². The molecular formula is C25H25N9. The Morgan fingerprint density at radius 3 is 2.50 bits per heavy atom. The second-order valence-electron chi connectivity index (χ2n) is 8.61. The predicted octanol–water partition coefficient (Wildman–Crippen LogP) is 4.19. The number of rotatable bonds is 5. The maximum absolute atomic E-state index is 9.79. The van der Waals surface area contributed by atoms with Gasteiger partial charge in [0.15, 0.2) is 5.82 Å². The molecule has 0 radical (unpaired) electrons. The van der Waals surface area contributed by atoms with Gasteiger partial charge in [-0.3, -0.25) is 0 Å². The molecule has 0 amide bonds. The zero-order valence-corrected chi connectivity index (χ0v) is 19.2. The van der Waals surface area contributed by atoms with Crippen molar-refractivity contribution < 1.29 is 0 Å². The van der Waals surface area contributed by atoms with Crippen LogP contribution in [0.4, 0.5) is 17.3 Å². The van der Waals surface area contributed by atoms with Crippen LogP contribution in [0.1, 0.15) is 25.3 Å². The smallest absolute Gasteiger partial charge is 0.227 e. The molecule has 1 saturated heterocycles. The third-order valence-electron chi connectivity index (χ3n) is 6.21. The topological polar surface area (TPSA) is 108 Å². The van der Waals surface area contributed by atoms with Crippen molar-refractivity contribution in [3.8, 4) is 28.7 Å². The largest absolute Gasteiger partial charge is 0.370 e. The summed E-state index contributed by atoms with van der Waals surface area (Å²) < 4.78 is 1.63. The predicted molar refractivity (Wildman–Crippen MR) is 130 cm³/mol.